The minimum absolute atomic E-state index is 0.457. The van der Waals surface area contributed by atoms with E-state index in [9.17, 15) is 4.79 Å². The van der Waals surface area contributed by atoms with Crippen LogP contribution in [0.2, 0.25) is 0 Å². The highest BCUT2D eigenvalue weighted by Gasteiger charge is 2.08. The molecule has 0 N–H and O–H groups in total. The van der Waals surface area contributed by atoms with E-state index >= 15 is 0 Å². The quantitative estimate of drug-likeness (QED) is 0.406. The summed E-state index contributed by atoms with van der Waals surface area (Å²) in [4.78, 5) is 17.1. The molecule has 0 unspecified atom stereocenters. The van der Waals surface area contributed by atoms with Crippen molar-refractivity contribution in [1.82, 2.24) is 0 Å². The van der Waals surface area contributed by atoms with Gasteiger partial charge in [0.15, 0.2) is 0 Å². The van der Waals surface area contributed by atoms with Crippen LogP contribution in [0, 0.1) is 0 Å². The number of rotatable bonds is 3. The number of hydrogen-bond acceptors (Lipinski definition) is 3. The fraction of sp³-hybridized carbons (Fsp3) is 0.0526. The molecule has 0 heterocycles. The van der Waals surface area contributed by atoms with Crippen LogP contribution in [0.25, 0.3) is 10.8 Å². The molecule has 0 saturated heterocycles. The predicted octanol–water partition coefficient (Wildman–Crippen LogP) is 4.42. The van der Waals surface area contributed by atoms with E-state index < -0.39 is 5.97 Å². The SMILES string of the molecule is C/C(=N\OC(=O)c1ccc2ccccc2c1)c1ccccc1. The fourth-order valence-corrected chi connectivity index (χ4v) is 2.21. The smallest absolute Gasteiger partial charge is 0.313 e. The van der Waals surface area contributed by atoms with Crippen LogP contribution in [-0.2, 0) is 4.84 Å². The molecule has 3 heteroatoms. The first-order chi connectivity index (χ1) is 10.7. The zero-order valence-electron chi connectivity index (χ0n) is 12.2. The molecule has 0 amide bonds. The van der Waals surface area contributed by atoms with Crippen molar-refractivity contribution < 1.29 is 9.63 Å². The first-order valence-corrected chi connectivity index (χ1v) is 7.04. The molecule has 0 atom stereocenters. The molecule has 0 aliphatic carbocycles. The van der Waals surface area contributed by atoms with Crippen molar-refractivity contribution in [3.8, 4) is 0 Å². The van der Waals surface area contributed by atoms with Crippen molar-refractivity contribution in [2.75, 3.05) is 0 Å². The molecule has 3 nitrogen and oxygen atoms in total. The van der Waals surface area contributed by atoms with E-state index in [2.05, 4.69) is 5.16 Å². The molecule has 0 spiro atoms. The molecule has 0 aromatic heterocycles. The molecule has 3 aromatic carbocycles. The van der Waals surface area contributed by atoms with Crippen LogP contribution < -0.4 is 0 Å². The second-order valence-electron chi connectivity index (χ2n) is 4.98. The second-order valence-corrected chi connectivity index (χ2v) is 4.98. The Balaban J connectivity index is 1.78. The van der Waals surface area contributed by atoms with Gasteiger partial charge in [-0.3, -0.25) is 0 Å². The molecule has 22 heavy (non-hydrogen) atoms. The maximum atomic E-state index is 12.1. The van der Waals surface area contributed by atoms with Crippen molar-refractivity contribution in [2.45, 2.75) is 6.92 Å². The number of oxime groups is 1. The zero-order valence-corrected chi connectivity index (χ0v) is 12.2. The Bertz CT molecular complexity index is 838. The average molecular weight is 289 g/mol. The lowest BCUT2D eigenvalue weighted by Gasteiger charge is -2.03. The van der Waals surface area contributed by atoms with Gasteiger partial charge in [-0.15, -0.1) is 0 Å². The standard InChI is InChI=1S/C19H15NO2/c1-14(15-7-3-2-4-8-15)20-22-19(21)18-12-11-16-9-5-6-10-17(16)13-18/h2-13H,1H3/b20-14+. The maximum absolute atomic E-state index is 12.1. The zero-order chi connectivity index (χ0) is 15.4. The van der Waals surface area contributed by atoms with Crippen LogP contribution in [0.5, 0.6) is 0 Å². The second kappa shape index (κ2) is 6.22. The van der Waals surface area contributed by atoms with Gasteiger partial charge in [-0.25, -0.2) is 4.79 Å². The van der Waals surface area contributed by atoms with Crippen molar-refractivity contribution in [1.29, 1.82) is 0 Å². The Labute approximate surface area is 128 Å². The van der Waals surface area contributed by atoms with E-state index in [-0.39, 0.29) is 0 Å². The van der Waals surface area contributed by atoms with Crippen LogP contribution in [0.1, 0.15) is 22.8 Å². The third kappa shape index (κ3) is 3.04. The van der Waals surface area contributed by atoms with Crippen LogP contribution in [0.4, 0.5) is 0 Å². The molecular weight excluding hydrogens is 274 g/mol. The predicted molar refractivity (Wildman–Crippen MR) is 88.0 cm³/mol. The Morgan fingerprint density at radius 1 is 0.818 bits per heavy atom. The van der Waals surface area contributed by atoms with Crippen molar-refractivity contribution in [3.05, 3.63) is 83.9 Å². The van der Waals surface area contributed by atoms with Crippen LogP contribution in [-0.4, -0.2) is 11.7 Å². The van der Waals surface area contributed by atoms with E-state index in [1.165, 1.54) is 0 Å². The molecule has 108 valence electrons. The van der Waals surface area contributed by atoms with Gasteiger partial charge >= 0.3 is 5.97 Å². The van der Waals surface area contributed by atoms with Gasteiger partial charge in [0.2, 0.25) is 0 Å². The molecule has 0 radical (unpaired) electrons. The molecule has 0 aliphatic rings. The summed E-state index contributed by atoms with van der Waals surface area (Å²) in [6.07, 6.45) is 0. The highest BCUT2D eigenvalue weighted by molar-refractivity contribution is 5.99. The van der Waals surface area contributed by atoms with Crippen molar-refractivity contribution in [3.63, 3.8) is 0 Å². The van der Waals surface area contributed by atoms with Crippen LogP contribution in [0.15, 0.2) is 78.0 Å². The third-order valence-corrected chi connectivity index (χ3v) is 3.44. The van der Waals surface area contributed by atoms with Gasteiger partial charge < -0.3 is 4.84 Å². The van der Waals surface area contributed by atoms with Gasteiger partial charge in [-0.2, -0.15) is 0 Å². The molecule has 0 aliphatic heterocycles. The highest BCUT2D eigenvalue weighted by atomic mass is 16.7. The number of carbonyl (C=O) groups is 1. The van der Waals surface area contributed by atoms with E-state index in [0.717, 1.165) is 16.3 Å². The summed E-state index contributed by atoms with van der Waals surface area (Å²) in [6, 6.07) is 22.9. The maximum Gasteiger partial charge on any atom is 0.365 e. The van der Waals surface area contributed by atoms with Gasteiger partial charge in [-0.05, 0) is 35.4 Å². The first-order valence-electron chi connectivity index (χ1n) is 7.04. The summed E-state index contributed by atoms with van der Waals surface area (Å²) in [6.45, 7) is 1.81. The van der Waals surface area contributed by atoms with E-state index in [0.29, 0.717) is 11.3 Å². The third-order valence-electron chi connectivity index (χ3n) is 3.44. The fourth-order valence-electron chi connectivity index (χ4n) is 2.21. The van der Waals surface area contributed by atoms with E-state index in [1.807, 2.05) is 73.7 Å². The summed E-state index contributed by atoms with van der Waals surface area (Å²) in [5.74, 6) is -0.457. The minimum atomic E-state index is -0.457. The number of nitrogens with zero attached hydrogens (tertiary/aromatic N) is 1. The minimum Gasteiger partial charge on any atom is -0.313 e. The first kappa shape index (κ1) is 14.0. The van der Waals surface area contributed by atoms with Gasteiger partial charge in [0.1, 0.15) is 0 Å². The van der Waals surface area contributed by atoms with E-state index in [4.69, 9.17) is 4.84 Å². The lowest BCUT2D eigenvalue weighted by molar-refractivity contribution is 0.0516. The topological polar surface area (TPSA) is 38.7 Å². The number of fused-ring (bicyclic) bond motifs is 1. The number of carbonyl (C=O) groups excluding carboxylic acids is 1. The van der Waals surface area contributed by atoms with Gasteiger partial charge in [0.25, 0.3) is 0 Å². The Kier molecular flexibility index (Phi) is 3.97. The molecule has 3 rings (SSSR count). The average Bonchev–Trinajstić information content (AvgIpc) is 2.59. The Morgan fingerprint density at radius 3 is 2.27 bits per heavy atom. The molecule has 0 saturated carbocycles. The van der Waals surface area contributed by atoms with Gasteiger partial charge in [0.05, 0.1) is 11.3 Å². The normalized spacial score (nSPS) is 11.4. The highest BCUT2D eigenvalue weighted by Crippen LogP contribution is 2.16. The number of benzene rings is 3. The van der Waals surface area contributed by atoms with Crippen molar-refractivity contribution in [2.24, 2.45) is 5.16 Å². The number of hydrogen-bond donors (Lipinski definition) is 0. The van der Waals surface area contributed by atoms with Gasteiger partial charge in [-0.1, -0.05) is 65.8 Å². The summed E-state index contributed by atoms with van der Waals surface area (Å²) in [5, 5.41) is 6.00. The Hall–Kier alpha value is -2.94. The van der Waals surface area contributed by atoms with Crippen LogP contribution in [0.3, 0.4) is 0 Å². The summed E-state index contributed by atoms with van der Waals surface area (Å²) >= 11 is 0. The monoisotopic (exact) mass is 289 g/mol. The lowest BCUT2D eigenvalue weighted by Crippen LogP contribution is -2.03. The van der Waals surface area contributed by atoms with Gasteiger partial charge in [0, 0.05) is 0 Å². The summed E-state index contributed by atoms with van der Waals surface area (Å²) < 4.78 is 0. The lowest BCUT2D eigenvalue weighted by atomic mass is 10.1. The van der Waals surface area contributed by atoms with Crippen molar-refractivity contribution >= 4 is 22.5 Å². The molecule has 0 bridgehead atoms. The van der Waals surface area contributed by atoms with Crippen LogP contribution >= 0.6 is 0 Å². The summed E-state index contributed by atoms with van der Waals surface area (Å²) in [5.41, 5.74) is 2.08. The molecule has 3 aromatic rings. The largest absolute Gasteiger partial charge is 0.365 e. The van der Waals surface area contributed by atoms with E-state index in [1.54, 1.807) is 6.07 Å². The summed E-state index contributed by atoms with van der Waals surface area (Å²) in [7, 11) is 0. The molecule has 0 fully saturated rings. The molecular formula is C19H15NO2. The Morgan fingerprint density at radius 2 is 1.50 bits per heavy atom.